The largest absolute Gasteiger partial charge is 0.514 e. The molecule has 1 aliphatic heterocycles. The van der Waals surface area contributed by atoms with E-state index >= 15 is 0 Å². The molecule has 2 rings (SSSR count). The number of hydrogen-bond acceptors (Lipinski definition) is 7. The predicted octanol–water partition coefficient (Wildman–Crippen LogP) is 1.87. The van der Waals surface area contributed by atoms with Gasteiger partial charge in [-0.25, -0.2) is 4.79 Å². The number of nitrogens with zero attached hydrogens (tertiary/aromatic N) is 1. The van der Waals surface area contributed by atoms with Crippen molar-refractivity contribution in [1.82, 2.24) is 0 Å². The van der Waals surface area contributed by atoms with Crippen molar-refractivity contribution in [2.24, 2.45) is 0 Å². The van der Waals surface area contributed by atoms with Gasteiger partial charge in [0.05, 0.1) is 11.5 Å². The molecule has 0 radical (unpaired) electrons. The molecule has 1 saturated heterocycles. The van der Waals surface area contributed by atoms with Crippen molar-refractivity contribution in [2.75, 3.05) is 13.7 Å². The molecule has 1 aliphatic rings. The first kappa shape index (κ1) is 14.2. The van der Waals surface area contributed by atoms with Gasteiger partial charge in [-0.3, -0.25) is 10.1 Å². The van der Waals surface area contributed by atoms with Crippen LogP contribution in [-0.2, 0) is 14.2 Å². The Morgan fingerprint density at radius 3 is 2.65 bits per heavy atom. The van der Waals surface area contributed by atoms with Crippen LogP contribution in [0.4, 0.5) is 10.5 Å². The maximum atomic E-state index is 11.5. The summed E-state index contributed by atoms with van der Waals surface area (Å²) in [6.45, 7) is 0.244. The van der Waals surface area contributed by atoms with Gasteiger partial charge in [-0.15, -0.1) is 0 Å². The van der Waals surface area contributed by atoms with Crippen LogP contribution in [0.15, 0.2) is 24.3 Å². The minimum Gasteiger partial charge on any atom is -0.428 e. The third-order valence-electron chi connectivity index (χ3n) is 2.70. The minimum absolute atomic E-state index is 0.0853. The lowest BCUT2D eigenvalue weighted by atomic mass is 10.3. The number of nitro benzene ring substituents is 1. The van der Waals surface area contributed by atoms with Gasteiger partial charge in [-0.2, -0.15) is 0 Å². The van der Waals surface area contributed by atoms with Gasteiger partial charge in [-0.1, -0.05) is 0 Å². The third kappa shape index (κ3) is 3.65. The maximum absolute atomic E-state index is 11.5. The normalized spacial score (nSPS) is 21.4. The number of rotatable bonds is 4. The Morgan fingerprint density at radius 2 is 2.10 bits per heavy atom. The van der Waals surface area contributed by atoms with E-state index in [1.807, 2.05) is 0 Å². The van der Waals surface area contributed by atoms with E-state index in [2.05, 4.69) is 0 Å². The van der Waals surface area contributed by atoms with Gasteiger partial charge in [0.2, 0.25) is 0 Å². The number of carbonyl (C=O) groups is 1. The molecule has 0 aromatic heterocycles. The van der Waals surface area contributed by atoms with E-state index in [4.69, 9.17) is 18.9 Å². The molecular weight excluding hydrogens is 270 g/mol. The Kier molecular flexibility index (Phi) is 4.49. The molecule has 0 unspecified atom stereocenters. The molecule has 0 saturated carbocycles. The highest BCUT2D eigenvalue weighted by Crippen LogP contribution is 2.20. The van der Waals surface area contributed by atoms with Crippen molar-refractivity contribution >= 4 is 11.8 Å². The molecule has 1 aromatic rings. The van der Waals surface area contributed by atoms with Gasteiger partial charge in [0.1, 0.15) is 11.9 Å². The van der Waals surface area contributed by atoms with Gasteiger partial charge in [0, 0.05) is 25.7 Å². The van der Waals surface area contributed by atoms with E-state index in [1.165, 1.54) is 31.4 Å². The first-order valence-electron chi connectivity index (χ1n) is 5.86. The standard InChI is InChI=1S/C12H13NO7/c1-17-11-6-10(7-18-11)20-12(14)19-9-4-2-8(3-5-9)13(15)16/h2-5,10-11H,6-7H2,1H3/t10-,11-/m1/s1. The molecule has 8 nitrogen and oxygen atoms in total. The molecule has 0 N–H and O–H groups in total. The highest BCUT2D eigenvalue weighted by atomic mass is 16.7. The second kappa shape index (κ2) is 6.31. The van der Waals surface area contributed by atoms with E-state index in [0.717, 1.165) is 0 Å². The van der Waals surface area contributed by atoms with Gasteiger partial charge >= 0.3 is 6.16 Å². The second-order valence-corrected chi connectivity index (χ2v) is 4.08. The second-order valence-electron chi connectivity index (χ2n) is 4.08. The molecule has 0 spiro atoms. The first-order valence-corrected chi connectivity index (χ1v) is 5.86. The van der Waals surface area contributed by atoms with Gasteiger partial charge in [0.25, 0.3) is 5.69 Å². The summed E-state index contributed by atoms with van der Waals surface area (Å²) in [4.78, 5) is 21.4. The van der Waals surface area contributed by atoms with Crippen molar-refractivity contribution in [3.05, 3.63) is 34.4 Å². The fraction of sp³-hybridized carbons (Fsp3) is 0.417. The Morgan fingerprint density at radius 1 is 1.40 bits per heavy atom. The number of methoxy groups -OCH3 is 1. The zero-order chi connectivity index (χ0) is 14.5. The van der Waals surface area contributed by atoms with Gasteiger partial charge < -0.3 is 18.9 Å². The summed E-state index contributed by atoms with van der Waals surface area (Å²) in [5, 5.41) is 10.5. The molecule has 20 heavy (non-hydrogen) atoms. The molecule has 108 valence electrons. The molecule has 8 heteroatoms. The fourth-order valence-electron chi connectivity index (χ4n) is 1.70. The molecule has 0 aliphatic carbocycles. The van der Waals surface area contributed by atoms with Crippen molar-refractivity contribution in [1.29, 1.82) is 0 Å². The SMILES string of the molecule is CO[C@H]1C[C@@H](OC(=O)Oc2ccc([N+](=O)[O-])cc2)CO1. The lowest BCUT2D eigenvalue weighted by Crippen LogP contribution is -2.21. The van der Waals surface area contributed by atoms with Crippen molar-refractivity contribution < 1.29 is 28.7 Å². The van der Waals surface area contributed by atoms with Crippen molar-refractivity contribution in [2.45, 2.75) is 18.8 Å². The van der Waals surface area contributed by atoms with Crippen LogP contribution in [0, 0.1) is 10.1 Å². The first-order chi connectivity index (χ1) is 9.58. The van der Waals surface area contributed by atoms with Crippen LogP contribution in [0.3, 0.4) is 0 Å². The van der Waals surface area contributed by atoms with E-state index in [0.29, 0.717) is 6.42 Å². The summed E-state index contributed by atoms with van der Waals surface area (Å²) in [5.41, 5.74) is -0.0853. The Bertz CT molecular complexity index is 487. The summed E-state index contributed by atoms with van der Waals surface area (Å²) < 4.78 is 20.1. The van der Waals surface area contributed by atoms with E-state index in [9.17, 15) is 14.9 Å². The number of benzene rings is 1. The summed E-state index contributed by atoms with van der Waals surface area (Å²) in [6.07, 6.45) is -1.26. The molecule has 1 aromatic carbocycles. The topological polar surface area (TPSA) is 97.1 Å². The van der Waals surface area contributed by atoms with Crippen LogP contribution < -0.4 is 4.74 Å². The summed E-state index contributed by atoms with van der Waals surface area (Å²) in [6, 6.07) is 5.12. The average molecular weight is 283 g/mol. The third-order valence-corrected chi connectivity index (χ3v) is 2.70. The summed E-state index contributed by atoms with van der Waals surface area (Å²) >= 11 is 0. The summed E-state index contributed by atoms with van der Waals surface area (Å²) in [7, 11) is 1.50. The minimum atomic E-state index is -0.885. The molecule has 2 atom stereocenters. The Balaban J connectivity index is 1.84. The number of non-ortho nitro benzene ring substituents is 1. The van der Waals surface area contributed by atoms with Gasteiger partial charge in [0.15, 0.2) is 6.29 Å². The quantitative estimate of drug-likeness (QED) is 0.360. The van der Waals surface area contributed by atoms with Gasteiger partial charge in [-0.05, 0) is 12.1 Å². The van der Waals surface area contributed by atoms with E-state index in [1.54, 1.807) is 0 Å². The van der Waals surface area contributed by atoms with Crippen molar-refractivity contribution in [3.63, 3.8) is 0 Å². The molecular formula is C12H13NO7. The van der Waals surface area contributed by atoms with Crippen LogP contribution in [0.25, 0.3) is 0 Å². The summed E-state index contributed by atoms with van der Waals surface area (Å²) in [5.74, 6) is 0.169. The van der Waals surface area contributed by atoms with Crippen molar-refractivity contribution in [3.8, 4) is 5.75 Å². The molecule has 1 heterocycles. The number of ether oxygens (including phenoxy) is 4. The average Bonchev–Trinajstić information content (AvgIpc) is 2.86. The Hall–Kier alpha value is -2.19. The van der Waals surface area contributed by atoms with Crippen LogP contribution >= 0.6 is 0 Å². The fourth-order valence-corrected chi connectivity index (χ4v) is 1.70. The van der Waals surface area contributed by atoms with Crippen LogP contribution in [0.2, 0.25) is 0 Å². The highest BCUT2D eigenvalue weighted by Gasteiger charge is 2.29. The monoisotopic (exact) mass is 283 g/mol. The highest BCUT2D eigenvalue weighted by molar-refractivity contribution is 5.64. The van der Waals surface area contributed by atoms with E-state index < -0.39 is 17.2 Å². The Labute approximate surface area is 114 Å². The van der Waals surface area contributed by atoms with E-state index in [-0.39, 0.29) is 24.3 Å². The predicted molar refractivity (Wildman–Crippen MR) is 65.4 cm³/mol. The van der Waals surface area contributed by atoms with Crippen LogP contribution in [0.5, 0.6) is 5.75 Å². The number of hydrogen-bond donors (Lipinski definition) is 0. The molecule has 0 bridgehead atoms. The molecule has 0 amide bonds. The maximum Gasteiger partial charge on any atom is 0.514 e. The van der Waals surface area contributed by atoms with Crippen LogP contribution in [-0.4, -0.2) is 37.2 Å². The zero-order valence-electron chi connectivity index (χ0n) is 10.7. The number of carbonyl (C=O) groups excluding carboxylic acids is 1. The zero-order valence-corrected chi connectivity index (χ0v) is 10.7. The van der Waals surface area contributed by atoms with Crippen LogP contribution in [0.1, 0.15) is 6.42 Å². The lowest BCUT2D eigenvalue weighted by molar-refractivity contribution is -0.384. The molecule has 1 fully saturated rings. The number of nitro groups is 1. The lowest BCUT2D eigenvalue weighted by Gasteiger charge is -2.10. The smallest absolute Gasteiger partial charge is 0.428 e.